The van der Waals surface area contributed by atoms with Crippen LogP contribution in [0.15, 0.2) is 18.6 Å². The van der Waals surface area contributed by atoms with Crippen LogP contribution in [0.2, 0.25) is 0 Å². The summed E-state index contributed by atoms with van der Waals surface area (Å²) in [7, 11) is 0. The normalized spacial score (nSPS) is 15.7. The zero-order chi connectivity index (χ0) is 13.6. The van der Waals surface area contributed by atoms with Crippen LogP contribution in [0.4, 0.5) is 5.82 Å². The molecule has 1 saturated carbocycles. The maximum Gasteiger partial charge on any atom is 0.228 e. The highest BCUT2D eigenvalue weighted by Crippen LogP contribution is 2.30. The molecule has 0 spiro atoms. The number of nitrogens with one attached hydrogen (secondary N) is 1. The summed E-state index contributed by atoms with van der Waals surface area (Å²) >= 11 is 0. The van der Waals surface area contributed by atoms with Gasteiger partial charge in [0.1, 0.15) is 0 Å². The quantitative estimate of drug-likeness (QED) is 0.899. The lowest BCUT2D eigenvalue weighted by Crippen LogP contribution is -2.14. The van der Waals surface area contributed by atoms with Gasteiger partial charge in [-0.1, -0.05) is 20.8 Å². The van der Waals surface area contributed by atoms with Gasteiger partial charge in [-0.3, -0.25) is 9.78 Å². The van der Waals surface area contributed by atoms with Gasteiger partial charge in [0.15, 0.2) is 11.5 Å². The fourth-order valence-electron chi connectivity index (χ4n) is 1.92. The topological polar surface area (TPSA) is 59.3 Å². The molecule has 1 aliphatic carbocycles. The van der Waals surface area contributed by atoms with E-state index in [9.17, 15) is 4.79 Å². The van der Waals surface area contributed by atoms with Gasteiger partial charge in [-0.25, -0.2) is 4.98 Å². The molecule has 1 N–H and O–H groups in total. The molecule has 2 aromatic heterocycles. The molecule has 0 aliphatic heterocycles. The van der Waals surface area contributed by atoms with E-state index in [1.165, 1.54) is 0 Å². The van der Waals surface area contributed by atoms with E-state index >= 15 is 0 Å². The highest BCUT2D eigenvalue weighted by Gasteiger charge is 2.30. The number of carbonyl (C=O) groups is 1. The molecule has 1 fully saturated rings. The Morgan fingerprint density at radius 3 is 2.74 bits per heavy atom. The number of carbonyl (C=O) groups excluding carboxylic acids is 1. The Kier molecular flexibility index (Phi) is 2.59. The van der Waals surface area contributed by atoms with E-state index < -0.39 is 0 Å². The summed E-state index contributed by atoms with van der Waals surface area (Å²) in [5.41, 5.74) is 1.74. The van der Waals surface area contributed by atoms with Gasteiger partial charge in [0.2, 0.25) is 5.91 Å². The van der Waals surface area contributed by atoms with E-state index in [2.05, 4.69) is 36.1 Å². The van der Waals surface area contributed by atoms with Crippen molar-refractivity contribution in [3.8, 4) is 0 Å². The van der Waals surface area contributed by atoms with Crippen molar-refractivity contribution < 1.29 is 4.79 Å². The number of amides is 1. The van der Waals surface area contributed by atoms with Crippen molar-refractivity contribution in [3.63, 3.8) is 0 Å². The summed E-state index contributed by atoms with van der Waals surface area (Å²) in [5, 5.41) is 2.85. The Bertz CT molecular complexity index is 634. The Morgan fingerprint density at radius 1 is 1.37 bits per heavy atom. The number of rotatable bonds is 2. The molecule has 1 amide bonds. The number of nitrogens with zero attached hydrogens (tertiary/aromatic N) is 3. The average Bonchev–Trinajstić information content (AvgIpc) is 3.08. The predicted molar refractivity (Wildman–Crippen MR) is 73.0 cm³/mol. The number of imidazole rings is 1. The zero-order valence-electron chi connectivity index (χ0n) is 11.5. The van der Waals surface area contributed by atoms with Crippen LogP contribution in [0.1, 0.15) is 39.3 Å². The van der Waals surface area contributed by atoms with Crippen LogP contribution in [0, 0.1) is 5.92 Å². The van der Waals surface area contributed by atoms with Gasteiger partial charge >= 0.3 is 0 Å². The molecule has 5 nitrogen and oxygen atoms in total. The fraction of sp³-hybridized carbons (Fsp3) is 0.500. The third-order valence-electron chi connectivity index (χ3n) is 3.31. The summed E-state index contributed by atoms with van der Waals surface area (Å²) in [4.78, 5) is 20.5. The van der Waals surface area contributed by atoms with E-state index in [4.69, 9.17) is 0 Å². The minimum atomic E-state index is -0.00408. The maximum atomic E-state index is 11.7. The van der Waals surface area contributed by atoms with Crippen LogP contribution in [-0.4, -0.2) is 20.3 Å². The molecule has 5 heteroatoms. The standard InChI is InChI=1S/C14H18N4O/c1-14(2,3)10-7-18-8-11(16-12(18)6-15-10)17-13(19)9-4-5-9/h6-9H,4-5H2,1-3H3,(H,17,19). The molecule has 2 heterocycles. The Morgan fingerprint density at radius 2 is 2.11 bits per heavy atom. The van der Waals surface area contributed by atoms with Crippen molar-refractivity contribution in [1.29, 1.82) is 0 Å². The summed E-state index contributed by atoms with van der Waals surface area (Å²) in [6.45, 7) is 6.36. The molecule has 0 atom stereocenters. The molecule has 19 heavy (non-hydrogen) atoms. The number of hydrogen-bond acceptors (Lipinski definition) is 3. The molecule has 3 rings (SSSR count). The molecule has 100 valence electrons. The second-order valence-corrected chi connectivity index (χ2v) is 6.18. The van der Waals surface area contributed by atoms with Crippen LogP contribution in [-0.2, 0) is 10.2 Å². The third kappa shape index (κ3) is 2.45. The summed E-state index contributed by atoms with van der Waals surface area (Å²) in [5.74, 6) is 0.866. The molecule has 0 saturated heterocycles. The number of anilines is 1. The van der Waals surface area contributed by atoms with Crippen molar-refractivity contribution in [2.45, 2.75) is 39.0 Å². The second kappa shape index (κ2) is 4.05. The molecular formula is C14H18N4O. The lowest BCUT2D eigenvalue weighted by molar-refractivity contribution is -0.117. The molecule has 0 bridgehead atoms. The van der Waals surface area contributed by atoms with Crippen molar-refractivity contribution in [2.75, 3.05) is 5.32 Å². The van der Waals surface area contributed by atoms with Gasteiger partial charge in [-0.15, -0.1) is 0 Å². The first kappa shape index (κ1) is 12.1. The highest BCUT2D eigenvalue weighted by molar-refractivity contribution is 5.93. The van der Waals surface area contributed by atoms with Crippen LogP contribution >= 0.6 is 0 Å². The van der Waals surface area contributed by atoms with Gasteiger partial charge in [-0.05, 0) is 12.8 Å². The molecule has 0 aromatic carbocycles. The van der Waals surface area contributed by atoms with E-state index in [1.807, 2.05) is 16.8 Å². The van der Waals surface area contributed by atoms with Crippen molar-refractivity contribution >= 4 is 17.4 Å². The van der Waals surface area contributed by atoms with Gasteiger partial charge in [0, 0.05) is 17.5 Å². The Balaban J connectivity index is 1.89. The monoisotopic (exact) mass is 258 g/mol. The summed E-state index contributed by atoms with van der Waals surface area (Å²) < 4.78 is 1.91. The van der Waals surface area contributed by atoms with E-state index in [1.54, 1.807) is 6.20 Å². The van der Waals surface area contributed by atoms with Crippen molar-refractivity contribution in [2.24, 2.45) is 5.92 Å². The van der Waals surface area contributed by atoms with E-state index in [0.717, 1.165) is 24.2 Å². The SMILES string of the molecule is CC(C)(C)c1cn2cc(NC(=O)C3CC3)nc2cn1. The number of fused-ring (bicyclic) bond motifs is 1. The molecule has 1 aliphatic rings. The lowest BCUT2D eigenvalue weighted by Gasteiger charge is -2.17. The van der Waals surface area contributed by atoms with Crippen LogP contribution in [0.5, 0.6) is 0 Å². The third-order valence-corrected chi connectivity index (χ3v) is 3.31. The predicted octanol–water partition coefficient (Wildman–Crippen LogP) is 2.38. The van der Waals surface area contributed by atoms with Gasteiger partial charge in [-0.2, -0.15) is 0 Å². The number of hydrogen-bond donors (Lipinski definition) is 1. The fourth-order valence-corrected chi connectivity index (χ4v) is 1.92. The molecular weight excluding hydrogens is 240 g/mol. The van der Waals surface area contributed by atoms with Gasteiger partial charge < -0.3 is 9.72 Å². The van der Waals surface area contributed by atoms with Crippen molar-refractivity contribution in [1.82, 2.24) is 14.4 Å². The molecule has 0 unspecified atom stereocenters. The Hall–Kier alpha value is -1.91. The van der Waals surface area contributed by atoms with E-state index in [-0.39, 0.29) is 17.2 Å². The zero-order valence-corrected chi connectivity index (χ0v) is 11.5. The average molecular weight is 258 g/mol. The summed E-state index contributed by atoms with van der Waals surface area (Å²) in [6.07, 6.45) is 7.54. The van der Waals surface area contributed by atoms with Crippen LogP contribution < -0.4 is 5.32 Å². The van der Waals surface area contributed by atoms with Gasteiger partial charge in [0.25, 0.3) is 0 Å². The largest absolute Gasteiger partial charge is 0.309 e. The maximum absolute atomic E-state index is 11.7. The Labute approximate surface area is 112 Å². The molecule has 2 aromatic rings. The first-order valence-corrected chi connectivity index (χ1v) is 6.59. The highest BCUT2D eigenvalue weighted by atomic mass is 16.2. The molecule has 0 radical (unpaired) electrons. The lowest BCUT2D eigenvalue weighted by atomic mass is 9.93. The van der Waals surface area contributed by atoms with Crippen LogP contribution in [0.3, 0.4) is 0 Å². The number of aromatic nitrogens is 3. The summed E-state index contributed by atoms with van der Waals surface area (Å²) in [6, 6.07) is 0. The first-order chi connectivity index (χ1) is 8.93. The minimum Gasteiger partial charge on any atom is -0.309 e. The first-order valence-electron chi connectivity index (χ1n) is 6.59. The van der Waals surface area contributed by atoms with E-state index in [0.29, 0.717) is 5.82 Å². The second-order valence-electron chi connectivity index (χ2n) is 6.18. The minimum absolute atomic E-state index is 0.00408. The van der Waals surface area contributed by atoms with Crippen molar-refractivity contribution in [3.05, 3.63) is 24.3 Å². The van der Waals surface area contributed by atoms with Crippen LogP contribution in [0.25, 0.3) is 5.65 Å². The smallest absolute Gasteiger partial charge is 0.228 e. The van der Waals surface area contributed by atoms with Gasteiger partial charge in [0.05, 0.1) is 18.1 Å².